The highest BCUT2D eigenvalue weighted by Gasteiger charge is 2.21. The highest BCUT2D eigenvalue weighted by Crippen LogP contribution is 2.50. The average molecular weight is 334 g/mol. The van der Waals surface area contributed by atoms with Gasteiger partial charge in [0.15, 0.2) is 0 Å². The molecule has 0 saturated heterocycles. The van der Waals surface area contributed by atoms with Crippen LogP contribution < -0.4 is 0 Å². The third kappa shape index (κ3) is 1.48. The minimum absolute atomic E-state index is 0.119. The molecule has 6 rings (SSSR count). The zero-order chi connectivity index (χ0) is 17.4. The molecule has 6 aromatic carbocycles. The van der Waals surface area contributed by atoms with E-state index in [0.717, 1.165) is 43.1 Å². The van der Waals surface area contributed by atoms with Crippen LogP contribution in [0.4, 0.5) is 0 Å². The van der Waals surface area contributed by atoms with E-state index in [1.54, 1.807) is 6.07 Å². The van der Waals surface area contributed by atoms with Crippen LogP contribution in [0.1, 0.15) is 0 Å². The standard InChI is InChI=1S/C24H14O2/c25-19-12-13-6-5-11-15-14-7-1-2-8-16(14)21-17-9-3-4-10-18(17)24(26)22(19)23(21)20(13)15/h1-12,25-26H. The van der Waals surface area contributed by atoms with Crippen LogP contribution in [0.3, 0.4) is 0 Å². The first-order valence-corrected chi connectivity index (χ1v) is 8.67. The summed E-state index contributed by atoms with van der Waals surface area (Å²) in [6.07, 6.45) is 0. The zero-order valence-electron chi connectivity index (χ0n) is 13.8. The van der Waals surface area contributed by atoms with Crippen molar-refractivity contribution in [3.8, 4) is 11.5 Å². The topological polar surface area (TPSA) is 40.5 Å². The van der Waals surface area contributed by atoms with E-state index >= 15 is 0 Å². The van der Waals surface area contributed by atoms with Crippen molar-refractivity contribution >= 4 is 53.9 Å². The van der Waals surface area contributed by atoms with Crippen LogP contribution in [0.5, 0.6) is 11.5 Å². The molecular weight excluding hydrogens is 320 g/mol. The van der Waals surface area contributed by atoms with Gasteiger partial charge >= 0.3 is 0 Å². The van der Waals surface area contributed by atoms with Crippen LogP contribution in [-0.2, 0) is 0 Å². The van der Waals surface area contributed by atoms with Crippen LogP contribution in [0.25, 0.3) is 53.9 Å². The number of rotatable bonds is 0. The molecular formula is C24H14O2. The van der Waals surface area contributed by atoms with Gasteiger partial charge in [-0.05, 0) is 43.8 Å². The monoisotopic (exact) mass is 334 g/mol. The van der Waals surface area contributed by atoms with Crippen molar-refractivity contribution in [3.63, 3.8) is 0 Å². The Bertz CT molecular complexity index is 1500. The van der Waals surface area contributed by atoms with Crippen LogP contribution in [0, 0.1) is 0 Å². The van der Waals surface area contributed by atoms with E-state index in [4.69, 9.17) is 0 Å². The Hall–Kier alpha value is -3.52. The fourth-order valence-electron chi connectivity index (χ4n) is 4.55. The predicted octanol–water partition coefficient (Wildman–Crippen LogP) is 6.30. The summed E-state index contributed by atoms with van der Waals surface area (Å²) in [6.45, 7) is 0. The van der Waals surface area contributed by atoms with Crippen LogP contribution in [0.2, 0.25) is 0 Å². The molecule has 2 N–H and O–H groups in total. The molecule has 0 bridgehead atoms. The van der Waals surface area contributed by atoms with Gasteiger partial charge in [-0.25, -0.2) is 0 Å². The lowest BCUT2D eigenvalue weighted by Crippen LogP contribution is -1.90. The third-order valence-corrected chi connectivity index (χ3v) is 5.57. The maximum atomic E-state index is 11.0. The van der Waals surface area contributed by atoms with Crippen molar-refractivity contribution in [2.75, 3.05) is 0 Å². The first-order valence-electron chi connectivity index (χ1n) is 8.67. The maximum absolute atomic E-state index is 11.0. The van der Waals surface area contributed by atoms with E-state index in [1.165, 1.54) is 5.39 Å². The Balaban J connectivity index is 2.18. The van der Waals surface area contributed by atoms with Crippen LogP contribution in [0.15, 0.2) is 72.8 Å². The summed E-state index contributed by atoms with van der Waals surface area (Å²) in [5.74, 6) is 0.265. The molecule has 0 aromatic heterocycles. The lowest BCUT2D eigenvalue weighted by molar-refractivity contribution is 0.467. The molecule has 0 aliphatic carbocycles. The predicted molar refractivity (Wildman–Crippen MR) is 108 cm³/mol. The number of aromatic hydroxyl groups is 2. The number of fused-ring (bicyclic) bond motifs is 5. The first-order chi connectivity index (χ1) is 12.8. The summed E-state index contributed by atoms with van der Waals surface area (Å²) in [6, 6.07) is 24.1. The van der Waals surface area contributed by atoms with Gasteiger partial charge in [-0.3, -0.25) is 0 Å². The van der Waals surface area contributed by atoms with Gasteiger partial charge in [-0.1, -0.05) is 66.7 Å². The molecule has 0 fully saturated rings. The lowest BCUT2D eigenvalue weighted by Gasteiger charge is -2.18. The van der Waals surface area contributed by atoms with Crippen molar-refractivity contribution in [1.29, 1.82) is 0 Å². The maximum Gasteiger partial charge on any atom is 0.135 e. The summed E-state index contributed by atoms with van der Waals surface area (Å²) < 4.78 is 0. The van der Waals surface area contributed by atoms with Gasteiger partial charge in [0.1, 0.15) is 11.5 Å². The molecule has 0 heterocycles. The quantitative estimate of drug-likeness (QED) is 0.253. The summed E-state index contributed by atoms with van der Waals surface area (Å²) in [5.41, 5.74) is 0. The Morgan fingerprint density at radius 2 is 1.04 bits per heavy atom. The van der Waals surface area contributed by atoms with Crippen molar-refractivity contribution < 1.29 is 10.2 Å². The van der Waals surface area contributed by atoms with Gasteiger partial charge in [0.05, 0.1) is 5.39 Å². The Labute approximate surface area is 148 Å². The molecule has 0 atom stereocenters. The molecule has 122 valence electrons. The number of benzene rings is 6. The third-order valence-electron chi connectivity index (χ3n) is 5.57. The molecule has 2 nitrogen and oxygen atoms in total. The number of hydrogen-bond donors (Lipinski definition) is 2. The molecule has 2 heteroatoms. The fraction of sp³-hybridized carbons (Fsp3) is 0. The number of phenolic OH excluding ortho intramolecular Hbond substituents is 2. The summed E-state index contributed by atoms with van der Waals surface area (Å²) in [7, 11) is 0. The molecule has 0 aliphatic heterocycles. The summed E-state index contributed by atoms with van der Waals surface area (Å²) in [4.78, 5) is 0. The van der Waals surface area contributed by atoms with Gasteiger partial charge in [-0.15, -0.1) is 0 Å². The lowest BCUT2D eigenvalue weighted by atomic mass is 9.86. The molecule has 0 unspecified atom stereocenters. The molecule has 0 radical (unpaired) electrons. The minimum atomic E-state index is 0.119. The van der Waals surface area contributed by atoms with E-state index in [1.807, 2.05) is 42.5 Å². The summed E-state index contributed by atoms with van der Waals surface area (Å²) >= 11 is 0. The van der Waals surface area contributed by atoms with Gasteiger partial charge in [0.25, 0.3) is 0 Å². The molecule has 0 amide bonds. The molecule has 6 aromatic rings. The van der Waals surface area contributed by atoms with Crippen molar-refractivity contribution in [3.05, 3.63) is 72.8 Å². The van der Waals surface area contributed by atoms with Gasteiger partial charge in [0.2, 0.25) is 0 Å². The van der Waals surface area contributed by atoms with Crippen LogP contribution in [-0.4, -0.2) is 10.2 Å². The van der Waals surface area contributed by atoms with E-state index in [-0.39, 0.29) is 11.5 Å². The van der Waals surface area contributed by atoms with Gasteiger partial charge in [0, 0.05) is 10.8 Å². The fourth-order valence-corrected chi connectivity index (χ4v) is 4.55. The van der Waals surface area contributed by atoms with Crippen LogP contribution >= 0.6 is 0 Å². The van der Waals surface area contributed by atoms with Crippen molar-refractivity contribution in [2.24, 2.45) is 0 Å². The zero-order valence-corrected chi connectivity index (χ0v) is 13.8. The smallest absolute Gasteiger partial charge is 0.135 e. The Morgan fingerprint density at radius 1 is 0.462 bits per heavy atom. The van der Waals surface area contributed by atoms with Gasteiger partial charge < -0.3 is 10.2 Å². The van der Waals surface area contributed by atoms with E-state index in [9.17, 15) is 10.2 Å². The first kappa shape index (κ1) is 13.7. The molecule has 0 aliphatic rings. The van der Waals surface area contributed by atoms with E-state index in [2.05, 4.69) is 24.3 Å². The molecule has 26 heavy (non-hydrogen) atoms. The second kappa shape index (κ2) is 4.55. The van der Waals surface area contributed by atoms with E-state index in [0.29, 0.717) is 5.39 Å². The van der Waals surface area contributed by atoms with Crippen molar-refractivity contribution in [1.82, 2.24) is 0 Å². The number of phenols is 2. The SMILES string of the molecule is Oc1cc2cccc3c4ccccc4c4c5ccccc5c(O)c1c4c23. The summed E-state index contributed by atoms with van der Waals surface area (Å²) in [5, 5.41) is 31.6. The highest BCUT2D eigenvalue weighted by molar-refractivity contribution is 6.40. The normalized spacial score (nSPS) is 12.2. The second-order valence-corrected chi connectivity index (χ2v) is 6.86. The average Bonchev–Trinajstić information content (AvgIpc) is 2.68. The van der Waals surface area contributed by atoms with Crippen molar-refractivity contribution in [2.45, 2.75) is 0 Å². The highest BCUT2D eigenvalue weighted by atomic mass is 16.3. The van der Waals surface area contributed by atoms with Gasteiger partial charge in [-0.2, -0.15) is 0 Å². The number of hydrogen-bond acceptors (Lipinski definition) is 2. The Kier molecular flexibility index (Phi) is 2.41. The largest absolute Gasteiger partial charge is 0.507 e. The Morgan fingerprint density at radius 3 is 1.81 bits per heavy atom. The molecule has 0 spiro atoms. The van der Waals surface area contributed by atoms with E-state index < -0.39 is 0 Å². The molecule has 0 saturated carbocycles. The second-order valence-electron chi connectivity index (χ2n) is 6.86. The minimum Gasteiger partial charge on any atom is -0.507 e.